The topological polar surface area (TPSA) is 57.6 Å². The smallest absolute Gasteiger partial charge is 0.303 e. The molecule has 0 aromatic heterocycles. The van der Waals surface area contributed by atoms with Gasteiger partial charge in [-0.3, -0.25) is 9.59 Å². The zero-order chi connectivity index (χ0) is 16.7. The first kappa shape index (κ1) is 16.7. The predicted molar refractivity (Wildman–Crippen MR) is 90.1 cm³/mol. The third-order valence-corrected chi connectivity index (χ3v) is 3.60. The standard InChI is InChI=1S/C19H21NO3/c1-15(13-19(22)23)12-18(21)20(17-10-6-3-7-11-17)14-16-8-4-2-5-9-16/h2-11,15H,12-14H2,1H3,(H,22,23). The molecule has 0 radical (unpaired) electrons. The van der Waals surface area contributed by atoms with Crippen molar-refractivity contribution in [1.29, 1.82) is 0 Å². The van der Waals surface area contributed by atoms with Gasteiger partial charge in [-0.15, -0.1) is 0 Å². The zero-order valence-corrected chi connectivity index (χ0v) is 13.2. The fourth-order valence-corrected chi connectivity index (χ4v) is 2.48. The fourth-order valence-electron chi connectivity index (χ4n) is 2.48. The van der Waals surface area contributed by atoms with E-state index in [9.17, 15) is 9.59 Å². The van der Waals surface area contributed by atoms with E-state index in [1.54, 1.807) is 11.8 Å². The first-order valence-electron chi connectivity index (χ1n) is 7.67. The molecule has 0 fully saturated rings. The molecule has 0 heterocycles. The molecule has 0 saturated heterocycles. The summed E-state index contributed by atoms with van der Waals surface area (Å²) in [6.07, 6.45) is 0.216. The molecule has 2 rings (SSSR count). The van der Waals surface area contributed by atoms with Gasteiger partial charge in [0.25, 0.3) is 0 Å². The van der Waals surface area contributed by atoms with Gasteiger partial charge in [0.2, 0.25) is 5.91 Å². The number of rotatable bonds is 7. The highest BCUT2D eigenvalue weighted by Crippen LogP contribution is 2.20. The summed E-state index contributed by atoms with van der Waals surface area (Å²) in [6.45, 7) is 2.27. The molecular formula is C19H21NO3. The molecule has 1 amide bonds. The molecule has 2 aromatic carbocycles. The molecule has 0 aliphatic rings. The number of amides is 1. The number of carboxylic acid groups (broad SMARTS) is 1. The van der Waals surface area contributed by atoms with Crippen molar-refractivity contribution in [2.45, 2.75) is 26.3 Å². The lowest BCUT2D eigenvalue weighted by Gasteiger charge is -2.24. The Kier molecular flexibility index (Phi) is 5.92. The number of carbonyl (C=O) groups excluding carboxylic acids is 1. The van der Waals surface area contributed by atoms with Gasteiger partial charge in [0.1, 0.15) is 0 Å². The Morgan fingerprint density at radius 1 is 0.957 bits per heavy atom. The normalized spacial score (nSPS) is 11.7. The minimum Gasteiger partial charge on any atom is -0.481 e. The van der Waals surface area contributed by atoms with E-state index < -0.39 is 5.97 Å². The average molecular weight is 311 g/mol. The van der Waals surface area contributed by atoms with E-state index >= 15 is 0 Å². The second-order valence-electron chi connectivity index (χ2n) is 5.71. The summed E-state index contributed by atoms with van der Waals surface area (Å²) >= 11 is 0. The van der Waals surface area contributed by atoms with E-state index in [-0.39, 0.29) is 24.7 Å². The molecule has 1 N–H and O–H groups in total. The number of para-hydroxylation sites is 1. The van der Waals surface area contributed by atoms with Crippen molar-refractivity contribution in [1.82, 2.24) is 0 Å². The molecule has 0 spiro atoms. The zero-order valence-electron chi connectivity index (χ0n) is 13.2. The Balaban J connectivity index is 2.16. The fraction of sp³-hybridized carbons (Fsp3) is 0.263. The number of benzene rings is 2. The van der Waals surface area contributed by atoms with Crippen molar-refractivity contribution in [3.63, 3.8) is 0 Å². The number of anilines is 1. The lowest BCUT2D eigenvalue weighted by atomic mass is 10.0. The predicted octanol–water partition coefficient (Wildman–Crippen LogP) is 3.72. The van der Waals surface area contributed by atoms with Gasteiger partial charge in [0.05, 0.1) is 6.54 Å². The first-order valence-corrected chi connectivity index (χ1v) is 7.67. The van der Waals surface area contributed by atoms with Crippen LogP contribution in [0.25, 0.3) is 0 Å². The maximum atomic E-state index is 12.7. The van der Waals surface area contributed by atoms with Crippen LogP contribution in [0.4, 0.5) is 5.69 Å². The van der Waals surface area contributed by atoms with Crippen LogP contribution in [-0.4, -0.2) is 17.0 Å². The molecule has 2 aromatic rings. The number of aliphatic carboxylic acids is 1. The molecule has 4 nitrogen and oxygen atoms in total. The minimum absolute atomic E-state index is 0.000291. The van der Waals surface area contributed by atoms with Gasteiger partial charge in [-0.05, 0) is 23.6 Å². The third-order valence-electron chi connectivity index (χ3n) is 3.60. The molecule has 0 aliphatic carbocycles. The van der Waals surface area contributed by atoms with Crippen molar-refractivity contribution < 1.29 is 14.7 Å². The number of nitrogens with zero attached hydrogens (tertiary/aromatic N) is 1. The summed E-state index contributed by atoms with van der Waals surface area (Å²) in [5, 5.41) is 8.86. The maximum Gasteiger partial charge on any atom is 0.303 e. The minimum atomic E-state index is -0.875. The van der Waals surface area contributed by atoms with Crippen LogP contribution in [0.2, 0.25) is 0 Å². The molecule has 120 valence electrons. The van der Waals surface area contributed by atoms with Crippen molar-refractivity contribution >= 4 is 17.6 Å². The quantitative estimate of drug-likeness (QED) is 0.848. The summed E-state index contributed by atoms with van der Waals surface area (Å²) in [5.74, 6) is -1.13. The van der Waals surface area contributed by atoms with Gasteiger partial charge >= 0.3 is 5.97 Å². The monoisotopic (exact) mass is 311 g/mol. The van der Waals surface area contributed by atoms with Crippen LogP contribution in [0.3, 0.4) is 0 Å². The van der Waals surface area contributed by atoms with E-state index in [0.717, 1.165) is 11.3 Å². The lowest BCUT2D eigenvalue weighted by Crippen LogP contribution is -2.31. The van der Waals surface area contributed by atoms with Gasteiger partial charge in [-0.1, -0.05) is 55.5 Å². The summed E-state index contributed by atoms with van der Waals surface area (Å²) in [6, 6.07) is 19.2. The molecule has 1 atom stereocenters. The van der Waals surface area contributed by atoms with Crippen LogP contribution in [-0.2, 0) is 16.1 Å². The lowest BCUT2D eigenvalue weighted by molar-refractivity contribution is -0.138. The highest BCUT2D eigenvalue weighted by Gasteiger charge is 2.20. The van der Waals surface area contributed by atoms with E-state index in [0.29, 0.717) is 6.54 Å². The Morgan fingerprint density at radius 3 is 2.09 bits per heavy atom. The van der Waals surface area contributed by atoms with Crippen molar-refractivity contribution in [2.75, 3.05) is 4.90 Å². The van der Waals surface area contributed by atoms with Gasteiger partial charge in [0.15, 0.2) is 0 Å². The molecule has 0 bridgehead atoms. The van der Waals surface area contributed by atoms with Gasteiger partial charge in [0, 0.05) is 18.5 Å². The first-order chi connectivity index (χ1) is 11.1. The highest BCUT2D eigenvalue weighted by molar-refractivity contribution is 5.93. The van der Waals surface area contributed by atoms with Crippen LogP contribution in [0, 0.1) is 5.92 Å². The second-order valence-corrected chi connectivity index (χ2v) is 5.71. The van der Waals surface area contributed by atoms with E-state index in [1.165, 1.54) is 0 Å². The van der Waals surface area contributed by atoms with Crippen molar-refractivity contribution in [2.24, 2.45) is 5.92 Å². The van der Waals surface area contributed by atoms with Crippen LogP contribution in [0.5, 0.6) is 0 Å². The van der Waals surface area contributed by atoms with Gasteiger partial charge < -0.3 is 10.0 Å². The van der Waals surface area contributed by atoms with Crippen molar-refractivity contribution in [3.05, 3.63) is 66.2 Å². The number of carboxylic acids is 1. The molecule has 23 heavy (non-hydrogen) atoms. The second kappa shape index (κ2) is 8.13. The van der Waals surface area contributed by atoms with E-state index in [2.05, 4.69) is 0 Å². The van der Waals surface area contributed by atoms with Crippen LogP contribution in [0.15, 0.2) is 60.7 Å². The summed E-state index contributed by atoms with van der Waals surface area (Å²) in [7, 11) is 0. The van der Waals surface area contributed by atoms with Crippen molar-refractivity contribution in [3.8, 4) is 0 Å². The number of carbonyl (C=O) groups is 2. The summed E-state index contributed by atoms with van der Waals surface area (Å²) in [4.78, 5) is 25.2. The average Bonchev–Trinajstić information content (AvgIpc) is 2.53. The molecule has 0 saturated carbocycles. The Bertz CT molecular complexity index is 640. The third kappa shape index (κ3) is 5.25. The highest BCUT2D eigenvalue weighted by atomic mass is 16.4. The maximum absolute atomic E-state index is 12.7. The molecule has 0 aliphatic heterocycles. The Morgan fingerprint density at radius 2 is 1.52 bits per heavy atom. The largest absolute Gasteiger partial charge is 0.481 e. The molecule has 1 unspecified atom stereocenters. The van der Waals surface area contributed by atoms with E-state index in [4.69, 9.17) is 5.11 Å². The molecular weight excluding hydrogens is 290 g/mol. The van der Waals surface area contributed by atoms with Crippen LogP contribution >= 0.6 is 0 Å². The number of hydrogen-bond donors (Lipinski definition) is 1. The molecule has 4 heteroatoms. The SMILES string of the molecule is CC(CC(=O)O)CC(=O)N(Cc1ccccc1)c1ccccc1. The van der Waals surface area contributed by atoms with Crippen LogP contribution < -0.4 is 4.90 Å². The number of hydrogen-bond acceptors (Lipinski definition) is 2. The van der Waals surface area contributed by atoms with Gasteiger partial charge in [-0.25, -0.2) is 0 Å². The van der Waals surface area contributed by atoms with Crippen LogP contribution in [0.1, 0.15) is 25.3 Å². The van der Waals surface area contributed by atoms with Gasteiger partial charge in [-0.2, -0.15) is 0 Å². The summed E-state index contributed by atoms with van der Waals surface area (Å²) in [5.41, 5.74) is 1.86. The summed E-state index contributed by atoms with van der Waals surface area (Å²) < 4.78 is 0. The Hall–Kier alpha value is -2.62. The van der Waals surface area contributed by atoms with E-state index in [1.807, 2.05) is 60.7 Å². The Labute approximate surface area is 136 Å².